The van der Waals surface area contributed by atoms with Crippen molar-refractivity contribution in [2.75, 3.05) is 7.11 Å². The molecule has 5 heteroatoms. The van der Waals surface area contributed by atoms with E-state index in [2.05, 4.69) is 36.2 Å². The van der Waals surface area contributed by atoms with Crippen molar-refractivity contribution in [3.8, 4) is 17.2 Å². The van der Waals surface area contributed by atoms with Gasteiger partial charge in [-0.05, 0) is 69.4 Å². The fourth-order valence-corrected chi connectivity index (χ4v) is 4.04. The Morgan fingerprint density at radius 2 is 1.71 bits per heavy atom. The van der Waals surface area contributed by atoms with Crippen LogP contribution in [-0.4, -0.2) is 24.3 Å². The number of nitrogens with zero attached hydrogens (tertiary/aromatic N) is 1. The summed E-state index contributed by atoms with van der Waals surface area (Å²) in [5.74, 6) is 2.22. The van der Waals surface area contributed by atoms with Gasteiger partial charge in [0, 0.05) is 5.56 Å². The molecule has 3 aromatic rings. The van der Waals surface area contributed by atoms with Crippen LogP contribution in [0.4, 0.5) is 0 Å². The van der Waals surface area contributed by atoms with Crippen molar-refractivity contribution in [2.24, 2.45) is 0 Å². The van der Waals surface area contributed by atoms with E-state index in [4.69, 9.17) is 18.6 Å². The quantitative estimate of drug-likeness (QED) is 0.446. The average molecular weight is 422 g/mol. The normalized spacial score (nSPS) is 18.8. The van der Waals surface area contributed by atoms with Gasteiger partial charge in [-0.15, -0.1) is 0 Å². The maximum atomic E-state index is 6.21. The Morgan fingerprint density at radius 1 is 0.968 bits per heavy atom. The second kappa shape index (κ2) is 10.1. The van der Waals surface area contributed by atoms with Crippen LogP contribution in [0.25, 0.3) is 11.5 Å². The molecule has 0 bridgehead atoms. The highest BCUT2D eigenvalue weighted by Gasteiger charge is 2.24. The van der Waals surface area contributed by atoms with E-state index in [1.165, 1.54) is 11.1 Å². The summed E-state index contributed by atoms with van der Waals surface area (Å²) < 4.78 is 23.5. The lowest BCUT2D eigenvalue weighted by Crippen LogP contribution is -2.28. The molecule has 1 aromatic heterocycles. The van der Waals surface area contributed by atoms with Crippen molar-refractivity contribution in [3.63, 3.8) is 0 Å². The lowest BCUT2D eigenvalue weighted by Gasteiger charge is -2.29. The van der Waals surface area contributed by atoms with Crippen LogP contribution < -0.4 is 4.74 Å². The van der Waals surface area contributed by atoms with E-state index >= 15 is 0 Å². The second-order valence-corrected chi connectivity index (χ2v) is 8.27. The number of oxazole rings is 1. The first-order valence-corrected chi connectivity index (χ1v) is 11.0. The number of aromatic nitrogens is 1. The molecular formula is C26H31NO4. The Balaban J connectivity index is 1.30. The molecule has 1 aliphatic carbocycles. The van der Waals surface area contributed by atoms with Gasteiger partial charge in [0.2, 0.25) is 5.89 Å². The van der Waals surface area contributed by atoms with Crippen LogP contribution in [0.1, 0.15) is 48.3 Å². The molecule has 0 amide bonds. The molecule has 0 aliphatic heterocycles. The molecule has 2 aromatic carbocycles. The Hall–Kier alpha value is -2.63. The fourth-order valence-electron chi connectivity index (χ4n) is 4.04. The fraction of sp³-hybridized carbons (Fsp3) is 0.423. The van der Waals surface area contributed by atoms with Crippen molar-refractivity contribution in [1.82, 2.24) is 4.98 Å². The minimum absolute atomic E-state index is 0.191. The van der Waals surface area contributed by atoms with Gasteiger partial charge in [-0.3, -0.25) is 0 Å². The molecule has 0 N–H and O–H groups in total. The molecular weight excluding hydrogens is 390 g/mol. The van der Waals surface area contributed by atoms with Crippen molar-refractivity contribution < 1.29 is 18.6 Å². The molecule has 5 nitrogen and oxygen atoms in total. The average Bonchev–Trinajstić information content (AvgIpc) is 3.17. The summed E-state index contributed by atoms with van der Waals surface area (Å²) in [6.45, 7) is 5.17. The van der Waals surface area contributed by atoms with Crippen LogP contribution in [0.2, 0.25) is 0 Å². The van der Waals surface area contributed by atoms with Crippen LogP contribution in [0.5, 0.6) is 5.75 Å². The van der Waals surface area contributed by atoms with E-state index in [-0.39, 0.29) is 12.2 Å². The van der Waals surface area contributed by atoms with Gasteiger partial charge >= 0.3 is 0 Å². The molecule has 0 radical (unpaired) electrons. The highest BCUT2D eigenvalue weighted by Crippen LogP contribution is 2.27. The number of hydrogen-bond donors (Lipinski definition) is 0. The van der Waals surface area contributed by atoms with E-state index in [1.54, 1.807) is 7.11 Å². The van der Waals surface area contributed by atoms with Crippen LogP contribution in [0, 0.1) is 13.8 Å². The van der Waals surface area contributed by atoms with Gasteiger partial charge in [-0.1, -0.05) is 29.8 Å². The maximum absolute atomic E-state index is 6.21. The molecule has 164 valence electrons. The standard InChI is InChI=1S/C26H31NO4/c1-18-6-4-7-20(14-18)16-29-23-8-5-9-24(15-23)30-17-25-19(2)31-26(27-25)21-10-12-22(28-3)13-11-21/h4,6-7,10-14,23-24H,5,8-9,15-17H2,1-3H3. The molecule has 1 fully saturated rings. The summed E-state index contributed by atoms with van der Waals surface area (Å²) in [6, 6.07) is 16.2. The van der Waals surface area contributed by atoms with Crippen molar-refractivity contribution in [3.05, 3.63) is 71.1 Å². The monoisotopic (exact) mass is 421 g/mol. The SMILES string of the molecule is COc1ccc(-c2nc(COC3CCCC(OCc4cccc(C)c4)C3)c(C)o2)cc1. The third-order valence-electron chi connectivity index (χ3n) is 5.83. The van der Waals surface area contributed by atoms with E-state index in [1.807, 2.05) is 31.2 Å². The zero-order chi connectivity index (χ0) is 21.6. The Labute approximate surface area is 184 Å². The topological polar surface area (TPSA) is 53.7 Å². The van der Waals surface area contributed by atoms with E-state index in [9.17, 15) is 0 Å². The number of benzene rings is 2. The van der Waals surface area contributed by atoms with Gasteiger partial charge in [-0.25, -0.2) is 4.98 Å². The number of aryl methyl sites for hydroxylation is 2. The van der Waals surface area contributed by atoms with Gasteiger partial charge in [0.1, 0.15) is 17.2 Å². The third-order valence-corrected chi connectivity index (χ3v) is 5.83. The highest BCUT2D eigenvalue weighted by atomic mass is 16.5. The van der Waals surface area contributed by atoms with Crippen molar-refractivity contribution in [2.45, 2.75) is 65.0 Å². The molecule has 1 heterocycles. The molecule has 31 heavy (non-hydrogen) atoms. The molecule has 2 atom stereocenters. The van der Waals surface area contributed by atoms with E-state index in [0.29, 0.717) is 19.1 Å². The summed E-state index contributed by atoms with van der Waals surface area (Å²) in [7, 11) is 1.66. The molecule has 0 spiro atoms. The Bertz CT molecular complexity index is 979. The lowest BCUT2D eigenvalue weighted by molar-refractivity contribution is -0.0562. The summed E-state index contributed by atoms with van der Waals surface area (Å²) in [6.07, 6.45) is 4.64. The number of hydrogen-bond acceptors (Lipinski definition) is 5. The third kappa shape index (κ3) is 5.75. The van der Waals surface area contributed by atoms with Gasteiger partial charge in [0.05, 0.1) is 32.5 Å². The number of ether oxygens (including phenoxy) is 3. The van der Waals surface area contributed by atoms with E-state index in [0.717, 1.165) is 48.5 Å². The summed E-state index contributed by atoms with van der Waals surface area (Å²) in [5, 5.41) is 0. The van der Waals surface area contributed by atoms with Crippen LogP contribution in [-0.2, 0) is 22.7 Å². The van der Waals surface area contributed by atoms with Gasteiger partial charge in [0.15, 0.2) is 0 Å². The minimum atomic E-state index is 0.191. The number of rotatable bonds is 8. The minimum Gasteiger partial charge on any atom is -0.497 e. The molecule has 1 aliphatic rings. The van der Waals surface area contributed by atoms with Crippen LogP contribution >= 0.6 is 0 Å². The smallest absolute Gasteiger partial charge is 0.226 e. The Morgan fingerprint density at radius 3 is 2.42 bits per heavy atom. The first kappa shape index (κ1) is 21.6. The predicted octanol–water partition coefficient (Wildman–Crippen LogP) is 6.01. The van der Waals surface area contributed by atoms with Crippen molar-refractivity contribution >= 4 is 0 Å². The largest absolute Gasteiger partial charge is 0.497 e. The molecule has 1 saturated carbocycles. The van der Waals surface area contributed by atoms with Gasteiger partial charge in [0.25, 0.3) is 0 Å². The molecule has 0 saturated heterocycles. The number of methoxy groups -OCH3 is 1. The predicted molar refractivity (Wildman–Crippen MR) is 120 cm³/mol. The van der Waals surface area contributed by atoms with Crippen LogP contribution in [0.15, 0.2) is 52.9 Å². The summed E-state index contributed by atoms with van der Waals surface area (Å²) in [4.78, 5) is 4.66. The highest BCUT2D eigenvalue weighted by molar-refractivity contribution is 5.55. The first-order valence-electron chi connectivity index (χ1n) is 11.0. The Kier molecular flexibility index (Phi) is 7.05. The zero-order valence-electron chi connectivity index (χ0n) is 18.6. The van der Waals surface area contributed by atoms with Gasteiger partial charge in [-0.2, -0.15) is 0 Å². The van der Waals surface area contributed by atoms with E-state index < -0.39 is 0 Å². The zero-order valence-corrected chi connectivity index (χ0v) is 18.6. The van der Waals surface area contributed by atoms with Gasteiger partial charge < -0.3 is 18.6 Å². The second-order valence-electron chi connectivity index (χ2n) is 8.27. The summed E-state index contributed by atoms with van der Waals surface area (Å²) >= 11 is 0. The first-order chi connectivity index (χ1) is 15.1. The lowest BCUT2D eigenvalue weighted by atomic mass is 9.95. The summed E-state index contributed by atoms with van der Waals surface area (Å²) in [5.41, 5.74) is 4.28. The molecule has 4 rings (SSSR count). The molecule has 2 unspecified atom stereocenters. The maximum Gasteiger partial charge on any atom is 0.226 e. The van der Waals surface area contributed by atoms with Crippen molar-refractivity contribution in [1.29, 1.82) is 0 Å². The van der Waals surface area contributed by atoms with Crippen LogP contribution in [0.3, 0.4) is 0 Å².